The van der Waals surface area contributed by atoms with Crippen molar-refractivity contribution >= 4 is 35.6 Å². The molecule has 12 nitrogen and oxygen atoms in total. The molecule has 2 aromatic heterocycles. The van der Waals surface area contributed by atoms with E-state index in [1.54, 1.807) is 0 Å². The van der Waals surface area contributed by atoms with Gasteiger partial charge in [-0.3, -0.25) is 18.9 Å². The summed E-state index contributed by atoms with van der Waals surface area (Å²) < 4.78 is 11.6. The van der Waals surface area contributed by atoms with Crippen molar-refractivity contribution in [3.8, 4) is 0 Å². The van der Waals surface area contributed by atoms with Gasteiger partial charge in [-0.25, -0.2) is 4.98 Å². The van der Waals surface area contributed by atoms with Crippen LogP contribution in [0.15, 0.2) is 11.1 Å². The third-order valence-corrected chi connectivity index (χ3v) is 4.25. The number of nitrogens with one attached hydrogen (secondary N) is 1. The maximum atomic E-state index is 11.8. The summed E-state index contributed by atoms with van der Waals surface area (Å²) in [4.78, 5) is 40.5. The van der Waals surface area contributed by atoms with E-state index in [0.29, 0.717) is 0 Å². The van der Waals surface area contributed by atoms with Gasteiger partial charge in [0.2, 0.25) is 5.95 Å². The van der Waals surface area contributed by atoms with Gasteiger partial charge >= 0.3 is 6.72 Å². The number of hydrogen-bond acceptors (Lipinski definition) is 9. The zero-order valence-electron chi connectivity index (χ0n) is 11.9. The summed E-state index contributed by atoms with van der Waals surface area (Å²) in [5, 5.41) is 19.7. The van der Waals surface area contributed by atoms with Crippen LogP contribution in [0, 0.1) is 0 Å². The fourth-order valence-electron chi connectivity index (χ4n) is 2.51. The highest BCUT2D eigenvalue weighted by molar-refractivity contribution is 8.06. The normalized spacial score (nSPS) is 27.8. The number of aliphatic hydroxyl groups is 2. The Balaban J connectivity index is 2.01. The van der Waals surface area contributed by atoms with Crippen molar-refractivity contribution in [2.75, 3.05) is 12.3 Å². The summed E-state index contributed by atoms with van der Waals surface area (Å²) in [6.07, 6.45) is -3.78. The van der Waals surface area contributed by atoms with Crippen LogP contribution in [-0.2, 0) is 21.1 Å². The van der Waals surface area contributed by atoms with Gasteiger partial charge in [0.05, 0.1) is 12.9 Å². The van der Waals surface area contributed by atoms with Crippen LogP contribution in [0.3, 0.4) is 0 Å². The van der Waals surface area contributed by atoms with Crippen LogP contribution in [-0.4, -0.2) is 64.4 Å². The minimum atomic E-state index is -4.10. The number of aromatic nitrogens is 4. The Morgan fingerprint density at radius 2 is 2.25 bits per heavy atom. The van der Waals surface area contributed by atoms with Crippen LogP contribution in [0.5, 0.6) is 0 Å². The predicted molar refractivity (Wildman–Crippen MR) is 83.2 cm³/mol. The molecule has 0 unspecified atom stereocenters. The average molecular weight is 379 g/mol. The molecule has 4 atom stereocenters. The molecule has 7 N–H and O–H groups in total. The van der Waals surface area contributed by atoms with Gasteiger partial charge in [0.1, 0.15) is 18.3 Å². The van der Waals surface area contributed by atoms with Gasteiger partial charge < -0.3 is 30.5 Å². The zero-order valence-corrected chi connectivity index (χ0v) is 13.6. The first-order chi connectivity index (χ1) is 11.2. The number of imidazole rings is 1. The largest absolute Gasteiger partial charge is 0.394 e. The molecular formula is C10H14N5O7PS. The van der Waals surface area contributed by atoms with Crippen LogP contribution in [0.2, 0.25) is 0 Å². The van der Waals surface area contributed by atoms with Gasteiger partial charge in [0.15, 0.2) is 17.4 Å². The number of anilines is 1. The quantitative estimate of drug-likeness (QED) is 0.309. The van der Waals surface area contributed by atoms with Gasteiger partial charge in [-0.05, 0) is 11.8 Å². The third kappa shape index (κ3) is 3.08. The van der Waals surface area contributed by atoms with Crippen LogP contribution in [0.4, 0.5) is 5.95 Å². The molecule has 2 aromatic rings. The second kappa shape index (κ2) is 6.13. The van der Waals surface area contributed by atoms with Gasteiger partial charge in [0.25, 0.3) is 5.56 Å². The molecule has 0 aromatic carbocycles. The van der Waals surface area contributed by atoms with E-state index in [1.165, 1.54) is 10.9 Å². The summed E-state index contributed by atoms with van der Waals surface area (Å²) in [6, 6.07) is 0. The Morgan fingerprint density at radius 1 is 1.54 bits per heavy atom. The highest BCUT2D eigenvalue weighted by atomic mass is 32.5. The molecule has 0 spiro atoms. The van der Waals surface area contributed by atoms with Crippen molar-refractivity contribution in [3.63, 3.8) is 0 Å². The summed E-state index contributed by atoms with van der Waals surface area (Å²) >= 11 is 4.38. The van der Waals surface area contributed by atoms with Crippen molar-refractivity contribution in [1.29, 1.82) is 0 Å². The number of nitrogens with two attached hydrogens (primary N) is 1. The molecule has 0 aliphatic carbocycles. The number of rotatable bonds is 4. The average Bonchev–Trinajstić information content (AvgIpc) is 3.00. The lowest BCUT2D eigenvalue weighted by Gasteiger charge is -2.21. The lowest BCUT2D eigenvalue weighted by atomic mass is 10.1. The monoisotopic (exact) mass is 379 g/mol. The van der Waals surface area contributed by atoms with E-state index in [-0.39, 0.29) is 17.1 Å². The molecular weight excluding hydrogens is 365 g/mol. The molecule has 1 aliphatic heterocycles. The van der Waals surface area contributed by atoms with E-state index in [4.69, 9.17) is 15.0 Å². The van der Waals surface area contributed by atoms with E-state index < -0.39 is 43.4 Å². The lowest BCUT2D eigenvalue weighted by Crippen LogP contribution is -2.35. The van der Waals surface area contributed by atoms with E-state index in [2.05, 4.69) is 26.8 Å². The number of ether oxygens (including phenoxy) is 1. The number of hydrogen-bond donors (Lipinski definition) is 6. The number of nitrogen functional groups attached to an aromatic ring is 1. The van der Waals surface area contributed by atoms with Crippen molar-refractivity contribution in [2.24, 2.45) is 0 Å². The molecule has 0 radical (unpaired) electrons. The van der Waals surface area contributed by atoms with Gasteiger partial charge in [-0.1, -0.05) is 0 Å². The Labute approximate surface area is 138 Å². The first-order valence-electron chi connectivity index (χ1n) is 6.62. The number of aromatic amines is 1. The molecule has 24 heavy (non-hydrogen) atoms. The Kier molecular flexibility index (Phi) is 4.44. The maximum Gasteiger partial charge on any atom is 0.322 e. The van der Waals surface area contributed by atoms with Crippen LogP contribution >= 0.6 is 6.72 Å². The first-order valence-corrected chi connectivity index (χ1v) is 9.24. The molecule has 132 valence electrons. The molecule has 3 rings (SSSR count). The fourth-order valence-corrected chi connectivity index (χ4v) is 3.39. The van der Waals surface area contributed by atoms with Crippen LogP contribution < -0.4 is 11.3 Å². The van der Waals surface area contributed by atoms with Crippen molar-refractivity contribution in [1.82, 2.24) is 19.5 Å². The Hall–Kier alpha value is -1.44. The predicted octanol–water partition coefficient (Wildman–Crippen LogP) is -2.45. The SMILES string of the molecule is Nc1nc2c(ncn2[C@@H]2O[C@H](CO)[C@@H](OP(O)(O)=S)[C@H]2O)c(=O)[nH]1. The lowest BCUT2D eigenvalue weighted by molar-refractivity contribution is -0.0506. The summed E-state index contributed by atoms with van der Waals surface area (Å²) in [5.41, 5.74) is 4.94. The van der Waals surface area contributed by atoms with E-state index >= 15 is 0 Å². The van der Waals surface area contributed by atoms with E-state index in [1.807, 2.05) is 0 Å². The first kappa shape index (κ1) is 17.4. The highest BCUT2D eigenvalue weighted by Crippen LogP contribution is 2.44. The molecule has 1 saturated heterocycles. The van der Waals surface area contributed by atoms with Crippen LogP contribution in [0.1, 0.15) is 6.23 Å². The fraction of sp³-hybridized carbons (Fsp3) is 0.500. The van der Waals surface area contributed by atoms with Gasteiger partial charge in [0, 0.05) is 0 Å². The summed E-state index contributed by atoms with van der Waals surface area (Å²) in [5.74, 6) is -0.158. The number of nitrogens with zero attached hydrogens (tertiary/aromatic N) is 3. The minimum Gasteiger partial charge on any atom is -0.394 e. The van der Waals surface area contributed by atoms with Crippen molar-refractivity contribution < 1.29 is 29.3 Å². The molecule has 1 fully saturated rings. The second-order valence-corrected chi connectivity index (χ2v) is 7.69. The number of H-pyrrole nitrogens is 1. The summed E-state index contributed by atoms with van der Waals surface area (Å²) in [6.45, 7) is -4.68. The smallest absolute Gasteiger partial charge is 0.322 e. The Morgan fingerprint density at radius 3 is 2.88 bits per heavy atom. The highest BCUT2D eigenvalue weighted by Gasteiger charge is 2.47. The second-order valence-electron chi connectivity index (χ2n) is 5.07. The van der Waals surface area contributed by atoms with E-state index in [9.17, 15) is 24.8 Å². The standard InChI is InChI=1S/C10H14N5O7PS/c11-10-13-7-4(8(18)14-10)12-2-15(7)9-5(17)6(3(1-16)21-9)22-23(19,20)24/h2-3,5-6,9,16-17H,1H2,(H2,19,20,24)(H3,11,13,14,18)/t3-,5-,6-,9-/m1/s1. The van der Waals surface area contributed by atoms with Gasteiger partial charge in [-0.2, -0.15) is 4.98 Å². The number of fused-ring (bicyclic) bond motifs is 1. The molecule has 0 bridgehead atoms. The number of aliphatic hydroxyl groups excluding tert-OH is 2. The molecule has 0 saturated carbocycles. The van der Waals surface area contributed by atoms with Crippen molar-refractivity contribution in [3.05, 3.63) is 16.7 Å². The minimum absolute atomic E-state index is 0.0284. The maximum absolute atomic E-state index is 11.8. The topological polar surface area (TPSA) is 189 Å². The van der Waals surface area contributed by atoms with E-state index in [0.717, 1.165) is 0 Å². The molecule has 0 amide bonds. The molecule has 3 heterocycles. The van der Waals surface area contributed by atoms with Crippen molar-refractivity contribution in [2.45, 2.75) is 24.5 Å². The molecule has 1 aliphatic rings. The summed E-state index contributed by atoms with van der Waals surface area (Å²) in [7, 11) is 0. The van der Waals surface area contributed by atoms with Gasteiger partial charge in [-0.15, -0.1) is 0 Å². The zero-order chi connectivity index (χ0) is 17.6. The molecule has 14 heteroatoms. The third-order valence-electron chi connectivity index (χ3n) is 3.47. The van der Waals surface area contributed by atoms with Crippen LogP contribution in [0.25, 0.3) is 11.2 Å². The Bertz CT molecular complexity index is 865.